The zero-order chi connectivity index (χ0) is 17.0. The summed E-state index contributed by atoms with van der Waals surface area (Å²) in [6.45, 7) is 1.81. The molecule has 124 valence electrons. The molecule has 0 unspecified atom stereocenters. The van der Waals surface area contributed by atoms with Crippen LogP contribution in [0.5, 0.6) is 0 Å². The fourth-order valence-corrected chi connectivity index (χ4v) is 2.67. The van der Waals surface area contributed by atoms with Crippen LogP contribution < -0.4 is 4.90 Å². The molecule has 0 N–H and O–H groups in total. The molecule has 2 heterocycles. The number of halogens is 4. The van der Waals surface area contributed by atoms with Crippen molar-refractivity contribution in [1.82, 2.24) is 14.8 Å². The first-order valence-corrected chi connectivity index (χ1v) is 7.85. The normalized spacial score (nSPS) is 11.5. The van der Waals surface area contributed by atoms with Crippen LogP contribution >= 0.6 is 23.4 Å². The number of hydrogen-bond acceptors (Lipinski definition) is 4. The first-order valence-electron chi connectivity index (χ1n) is 6.48. The molecule has 2 aromatic heterocycles. The third-order valence-corrected chi connectivity index (χ3v) is 3.96. The fourth-order valence-electron chi connectivity index (χ4n) is 1.77. The highest BCUT2D eigenvalue weighted by atomic mass is 35.5. The Bertz CT molecular complexity index is 678. The van der Waals surface area contributed by atoms with Crippen molar-refractivity contribution in [1.29, 1.82) is 0 Å². The van der Waals surface area contributed by atoms with E-state index in [0.29, 0.717) is 5.69 Å². The van der Waals surface area contributed by atoms with Crippen LogP contribution in [0.1, 0.15) is 6.92 Å². The molecule has 0 aromatic carbocycles. The second kappa shape index (κ2) is 7.22. The number of carbonyl (C=O) groups is 1. The van der Waals surface area contributed by atoms with Gasteiger partial charge in [0.2, 0.25) is 0 Å². The van der Waals surface area contributed by atoms with Gasteiger partial charge in [0.15, 0.2) is 5.15 Å². The molecule has 0 saturated carbocycles. The maximum Gasteiger partial charge on any atom is 0.398 e. The maximum atomic E-state index is 12.2. The largest absolute Gasteiger partial charge is 0.398 e. The number of pyridine rings is 1. The monoisotopic (exact) mass is 364 g/mol. The van der Waals surface area contributed by atoms with E-state index in [-0.39, 0.29) is 29.1 Å². The highest BCUT2D eigenvalue weighted by molar-refractivity contribution is 8.13. The van der Waals surface area contributed by atoms with E-state index in [1.807, 2.05) is 0 Å². The van der Waals surface area contributed by atoms with Crippen molar-refractivity contribution in [3.63, 3.8) is 0 Å². The number of aromatic nitrogens is 3. The van der Waals surface area contributed by atoms with Gasteiger partial charge < -0.3 is 0 Å². The highest BCUT2D eigenvalue weighted by Gasteiger charge is 2.30. The standard InChI is InChI=1S/C13H12ClF3N4OS/c1-2-20(12(22)23-8-13(15,16)17)10-7-21(19-11(10)14)9-4-3-5-18-6-9/h3-7H,2,8H2,1H3. The maximum absolute atomic E-state index is 12.2. The molecule has 23 heavy (non-hydrogen) atoms. The Morgan fingerprint density at radius 1 is 1.48 bits per heavy atom. The predicted molar refractivity (Wildman–Crippen MR) is 83.3 cm³/mol. The first-order chi connectivity index (χ1) is 10.8. The molecular weight excluding hydrogens is 353 g/mol. The van der Waals surface area contributed by atoms with Crippen molar-refractivity contribution in [3.8, 4) is 5.69 Å². The summed E-state index contributed by atoms with van der Waals surface area (Å²) in [6, 6.07) is 3.43. The van der Waals surface area contributed by atoms with Crippen molar-refractivity contribution in [3.05, 3.63) is 35.9 Å². The minimum absolute atomic E-state index is 0.0247. The molecule has 10 heteroatoms. The SMILES string of the molecule is CCN(C(=O)SCC(F)(F)F)c1cn(-c2cccnc2)nc1Cl. The van der Waals surface area contributed by atoms with Crippen LogP contribution in [-0.2, 0) is 0 Å². The Morgan fingerprint density at radius 2 is 2.22 bits per heavy atom. The minimum atomic E-state index is -4.41. The van der Waals surface area contributed by atoms with Crippen molar-refractivity contribution in [2.45, 2.75) is 13.1 Å². The Labute approximate surface area is 139 Å². The topological polar surface area (TPSA) is 51.0 Å². The van der Waals surface area contributed by atoms with Crippen molar-refractivity contribution in [2.75, 3.05) is 17.2 Å². The summed E-state index contributed by atoms with van der Waals surface area (Å²) in [5.41, 5.74) is 0.866. The lowest BCUT2D eigenvalue weighted by molar-refractivity contribution is -0.105. The van der Waals surface area contributed by atoms with Crippen LogP contribution in [0.25, 0.3) is 5.69 Å². The summed E-state index contributed by atoms with van der Waals surface area (Å²) in [5, 5.41) is 3.34. The number of nitrogens with zero attached hydrogens (tertiary/aromatic N) is 4. The van der Waals surface area contributed by atoms with Crippen LogP contribution in [0.3, 0.4) is 0 Å². The summed E-state index contributed by atoms with van der Waals surface area (Å²) < 4.78 is 38.2. The average molecular weight is 365 g/mol. The number of carbonyl (C=O) groups excluding carboxylic acids is 1. The number of alkyl halides is 3. The average Bonchev–Trinajstić information content (AvgIpc) is 2.88. The van der Waals surface area contributed by atoms with E-state index in [4.69, 9.17) is 11.6 Å². The van der Waals surface area contributed by atoms with Gasteiger partial charge in [-0.25, -0.2) is 4.68 Å². The van der Waals surface area contributed by atoms with Gasteiger partial charge in [-0.1, -0.05) is 23.4 Å². The molecule has 0 radical (unpaired) electrons. The molecule has 1 amide bonds. The smallest absolute Gasteiger partial charge is 0.299 e. The van der Waals surface area contributed by atoms with Gasteiger partial charge in [-0.15, -0.1) is 0 Å². The summed E-state index contributed by atoms with van der Waals surface area (Å²) in [7, 11) is 0. The highest BCUT2D eigenvalue weighted by Crippen LogP contribution is 2.30. The molecule has 0 atom stereocenters. The van der Waals surface area contributed by atoms with Gasteiger partial charge in [-0.3, -0.25) is 14.7 Å². The lowest BCUT2D eigenvalue weighted by atomic mass is 10.4. The van der Waals surface area contributed by atoms with Crippen molar-refractivity contribution < 1.29 is 18.0 Å². The lowest BCUT2D eigenvalue weighted by Gasteiger charge is -2.19. The van der Waals surface area contributed by atoms with Crippen LogP contribution in [0.4, 0.5) is 23.7 Å². The zero-order valence-electron chi connectivity index (χ0n) is 11.9. The van der Waals surface area contributed by atoms with E-state index in [1.54, 1.807) is 31.5 Å². The molecule has 0 saturated heterocycles. The molecule has 0 aliphatic rings. The number of thioether (sulfide) groups is 1. The Morgan fingerprint density at radius 3 is 2.78 bits per heavy atom. The number of amides is 1. The van der Waals surface area contributed by atoms with E-state index in [2.05, 4.69) is 10.1 Å². The minimum Gasteiger partial charge on any atom is -0.299 e. The number of rotatable bonds is 4. The third kappa shape index (κ3) is 4.61. The predicted octanol–water partition coefficient (Wildman–Crippen LogP) is 4.16. The van der Waals surface area contributed by atoms with Gasteiger partial charge >= 0.3 is 6.18 Å². The zero-order valence-corrected chi connectivity index (χ0v) is 13.5. The molecule has 0 fully saturated rings. The van der Waals surface area contributed by atoms with Crippen LogP contribution in [-0.4, -0.2) is 38.5 Å². The molecular formula is C13H12ClF3N4OS. The van der Waals surface area contributed by atoms with Gasteiger partial charge in [0.05, 0.1) is 23.8 Å². The Kier molecular flexibility index (Phi) is 5.53. The summed E-state index contributed by atoms with van der Waals surface area (Å²) in [4.78, 5) is 17.1. The summed E-state index contributed by atoms with van der Waals surface area (Å²) >= 11 is 6.20. The van der Waals surface area contributed by atoms with E-state index in [0.717, 1.165) is 4.90 Å². The molecule has 0 spiro atoms. The lowest BCUT2D eigenvalue weighted by Crippen LogP contribution is -2.28. The fraction of sp³-hybridized carbons (Fsp3) is 0.308. The molecule has 2 aromatic rings. The number of anilines is 1. The number of hydrogen-bond donors (Lipinski definition) is 0. The summed E-state index contributed by atoms with van der Waals surface area (Å²) in [5.74, 6) is -1.25. The second-order valence-corrected chi connectivity index (χ2v) is 5.66. The van der Waals surface area contributed by atoms with Crippen LogP contribution in [0.15, 0.2) is 30.7 Å². The molecule has 5 nitrogen and oxygen atoms in total. The second-order valence-electron chi connectivity index (χ2n) is 4.37. The van der Waals surface area contributed by atoms with Crippen molar-refractivity contribution >= 4 is 34.3 Å². The first kappa shape index (κ1) is 17.6. The van der Waals surface area contributed by atoms with Crippen LogP contribution in [0, 0.1) is 0 Å². The van der Waals surface area contributed by atoms with E-state index >= 15 is 0 Å². The summed E-state index contributed by atoms with van der Waals surface area (Å²) in [6.07, 6.45) is 0.201. The Hall–Kier alpha value is -1.74. The molecule has 2 rings (SSSR count). The van der Waals surface area contributed by atoms with Gasteiger partial charge in [0.1, 0.15) is 5.69 Å². The van der Waals surface area contributed by atoms with Gasteiger partial charge in [-0.2, -0.15) is 18.3 Å². The van der Waals surface area contributed by atoms with Gasteiger partial charge in [-0.05, 0) is 19.1 Å². The van der Waals surface area contributed by atoms with E-state index in [1.165, 1.54) is 10.9 Å². The quantitative estimate of drug-likeness (QED) is 0.817. The Balaban J connectivity index is 2.21. The third-order valence-electron chi connectivity index (χ3n) is 2.75. The van der Waals surface area contributed by atoms with E-state index < -0.39 is 17.2 Å². The van der Waals surface area contributed by atoms with Gasteiger partial charge in [0, 0.05) is 12.7 Å². The molecule has 0 bridgehead atoms. The molecule has 0 aliphatic carbocycles. The van der Waals surface area contributed by atoms with Crippen LogP contribution in [0.2, 0.25) is 5.15 Å². The van der Waals surface area contributed by atoms with Gasteiger partial charge in [0.25, 0.3) is 5.24 Å². The molecule has 0 aliphatic heterocycles. The van der Waals surface area contributed by atoms with E-state index in [9.17, 15) is 18.0 Å². The van der Waals surface area contributed by atoms with Crippen molar-refractivity contribution in [2.24, 2.45) is 0 Å².